The fourth-order valence-electron chi connectivity index (χ4n) is 0.911. The number of hydrogen-bond donors (Lipinski definition) is 1. The first kappa shape index (κ1) is 9.68. The first-order chi connectivity index (χ1) is 5.59. The molecule has 3 heteroatoms. The van der Waals surface area contributed by atoms with Crippen molar-refractivity contribution in [2.24, 2.45) is 5.92 Å². The highest BCUT2D eigenvalue weighted by Crippen LogP contribution is 2.14. The van der Waals surface area contributed by atoms with Crippen molar-refractivity contribution in [2.75, 3.05) is 0 Å². The van der Waals surface area contributed by atoms with Crippen LogP contribution in [0.3, 0.4) is 0 Å². The number of hydrogen-bond acceptors (Lipinski definition) is 3. The van der Waals surface area contributed by atoms with Gasteiger partial charge in [0, 0.05) is 17.5 Å². The highest BCUT2D eigenvalue weighted by Gasteiger charge is 2.11. The topological polar surface area (TPSA) is 33.1 Å². The van der Waals surface area contributed by atoms with Crippen molar-refractivity contribution >= 4 is 11.3 Å². The van der Waals surface area contributed by atoms with Crippen LogP contribution in [0, 0.1) is 12.8 Å². The molecule has 0 saturated heterocycles. The number of nitrogens with zero attached hydrogens (tertiary/aromatic N) is 1. The molecule has 1 aromatic heterocycles. The Balaban J connectivity index is 2.52. The lowest BCUT2D eigenvalue weighted by Gasteiger charge is -2.11. The largest absolute Gasteiger partial charge is 0.392 e. The van der Waals surface area contributed by atoms with Gasteiger partial charge in [-0.25, -0.2) is 4.98 Å². The molecule has 0 spiro atoms. The molecule has 0 bridgehead atoms. The van der Waals surface area contributed by atoms with Gasteiger partial charge < -0.3 is 5.11 Å². The number of aliphatic hydroxyl groups is 1. The number of aryl methyl sites for hydroxylation is 1. The van der Waals surface area contributed by atoms with Crippen molar-refractivity contribution in [1.29, 1.82) is 0 Å². The van der Waals surface area contributed by atoms with Crippen molar-refractivity contribution in [2.45, 2.75) is 33.3 Å². The number of thiazole rings is 1. The van der Waals surface area contributed by atoms with E-state index >= 15 is 0 Å². The van der Waals surface area contributed by atoms with E-state index in [2.05, 4.69) is 4.98 Å². The Morgan fingerprint density at radius 2 is 2.25 bits per heavy atom. The van der Waals surface area contributed by atoms with Crippen LogP contribution >= 0.6 is 11.3 Å². The third-order valence-corrected chi connectivity index (χ3v) is 2.81. The minimum atomic E-state index is -0.254. The maximum atomic E-state index is 9.56. The summed E-state index contributed by atoms with van der Waals surface area (Å²) >= 11 is 1.62. The van der Waals surface area contributed by atoms with E-state index in [9.17, 15) is 5.11 Å². The molecule has 0 fully saturated rings. The van der Waals surface area contributed by atoms with Crippen molar-refractivity contribution < 1.29 is 5.11 Å². The van der Waals surface area contributed by atoms with Gasteiger partial charge in [0.05, 0.1) is 11.1 Å². The fourth-order valence-corrected chi connectivity index (χ4v) is 1.73. The fraction of sp³-hybridized carbons (Fsp3) is 0.667. The van der Waals surface area contributed by atoms with E-state index in [-0.39, 0.29) is 6.10 Å². The van der Waals surface area contributed by atoms with E-state index < -0.39 is 0 Å². The van der Waals surface area contributed by atoms with Gasteiger partial charge in [0.1, 0.15) is 0 Å². The number of aromatic nitrogens is 1. The lowest BCUT2D eigenvalue weighted by molar-refractivity contribution is 0.125. The molecule has 1 N–H and O–H groups in total. The monoisotopic (exact) mass is 185 g/mol. The Morgan fingerprint density at radius 3 is 2.67 bits per heavy atom. The smallest absolute Gasteiger partial charge is 0.0954 e. The SMILES string of the molecule is Cc1csc(CC(O)C(C)C)n1. The minimum absolute atomic E-state index is 0.254. The second-order valence-corrected chi connectivity index (χ2v) is 4.34. The third-order valence-electron chi connectivity index (χ3n) is 1.82. The first-order valence-corrected chi connectivity index (χ1v) is 5.06. The van der Waals surface area contributed by atoms with Gasteiger partial charge >= 0.3 is 0 Å². The van der Waals surface area contributed by atoms with Crippen LogP contribution in [-0.4, -0.2) is 16.2 Å². The summed E-state index contributed by atoms with van der Waals surface area (Å²) in [7, 11) is 0. The highest BCUT2D eigenvalue weighted by atomic mass is 32.1. The molecule has 1 unspecified atom stereocenters. The molecule has 2 nitrogen and oxygen atoms in total. The summed E-state index contributed by atoms with van der Waals surface area (Å²) in [6.45, 7) is 6.01. The molecule has 68 valence electrons. The molecule has 0 aromatic carbocycles. The summed E-state index contributed by atoms with van der Waals surface area (Å²) in [5, 5.41) is 12.6. The van der Waals surface area contributed by atoms with Crippen LogP contribution in [0.4, 0.5) is 0 Å². The van der Waals surface area contributed by atoms with Crippen LogP contribution in [0.2, 0.25) is 0 Å². The number of rotatable bonds is 3. The molecule has 1 aromatic rings. The molecule has 0 aliphatic rings. The lowest BCUT2D eigenvalue weighted by atomic mass is 10.1. The molecule has 1 atom stereocenters. The van der Waals surface area contributed by atoms with Gasteiger partial charge in [-0.1, -0.05) is 13.8 Å². The van der Waals surface area contributed by atoms with Crippen LogP contribution < -0.4 is 0 Å². The van der Waals surface area contributed by atoms with Crippen molar-refractivity contribution in [3.05, 3.63) is 16.1 Å². The van der Waals surface area contributed by atoms with Gasteiger partial charge in [0.15, 0.2) is 0 Å². The zero-order chi connectivity index (χ0) is 9.14. The summed E-state index contributed by atoms with van der Waals surface area (Å²) in [4.78, 5) is 4.29. The molecule has 1 rings (SSSR count). The first-order valence-electron chi connectivity index (χ1n) is 4.18. The van der Waals surface area contributed by atoms with Crippen LogP contribution in [0.5, 0.6) is 0 Å². The van der Waals surface area contributed by atoms with Crippen molar-refractivity contribution in [3.8, 4) is 0 Å². The van der Waals surface area contributed by atoms with Gasteiger partial charge in [0.25, 0.3) is 0 Å². The standard InChI is InChI=1S/C9H15NOS/c1-6(2)8(11)4-9-10-7(3)5-12-9/h5-6,8,11H,4H2,1-3H3. The van der Waals surface area contributed by atoms with Crippen LogP contribution in [-0.2, 0) is 6.42 Å². The Labute approximate surface area is 77.3 Å². The summed E-state index contributed by atoms with van der Waals surface area (Å²) in [5.41, 5.74) is 1.05. The average molecular weight is 185 g/mol. The molecule has 12 heavy (non-hydrogen) atoms. The van der Waals surface area contributed by atoms with Gasteiger partial charge in [-0.3, -0.25) is 0 Å². The van der Waals surface area contributed by atoms with Crippen LogP contribution in [0.1, 0.15) is 24.5 Å². The molecular weight excluding hydrogens is 170 g/mol. The molecule has 0 aliphatic heterocycles. The summed E-state index contributed by atoms with van der Waals surface area (Å²) < 4.78 is 0. The van der Waals surface area contributed by atoms with Crippen LogP contribution in [0.15, 0.2) is 5.38 Å². The van der Waals surface area contributed by atoms with Crippen LogP contribution in [0.25, 0.3) is 0 Å². The van der Waals surface area contributed by atoms with Crippen molar-refractivity contribution in [1.82, 2.24) is 4.98 Å². The van der Waals surface area contributed by atoms with Crippen molar-refractivity contribution in [3.63, 3.8) is 0 Å². The molecule has 0 aliphatic carbocycles. The molecule has 0 radical (unpaired) electrons. The van der Waals surface area contributed by atoms with E-state index in [1.807, 2.05) is 26.2 Å². The predicted octanol–water partition coefficient (Wildman–Crippen LogP) is 2.01. The third kappa shape index (κ3) is 2.57. The Kier molecular flexibility index (Phi) is 3.23. The maximum Gasteiger partial charge on any atom is 0.0954 e. The second-order valence-electron chi connectivity index (χ2n) is 3.40. The average Bonchev–Trinajstić information content (AvgIpc) is 2.35. The van der Waals surface area contributed by atoms with E-state index in [1.54, 1.807) is 11.3 Å². The van der Waals surface area contributed by atoms with E-state index in [1.165, 1.54) is 0 Å². The van der Waals surface area contributed by atoms with E-state index in [4.69, 9.17) is 0 Å². The highest BCUT2D eigenvalue weighted by molar-refractivity contribution is 7.09. The van der Waals surface area contributed by atoms with E-state index in [0.717, 1.165) is 10.7 Å². The summed E-state index contributed by atoms with van der Waals surface area (Å²) in [6.07, 6.45) is 0.437. The Bertz CT molecular complexity index is 244. The lowest BCUT2D eigenvalue weighted by Crippen LogP contribution is -2.17. The summed E-state index contributed by atoms with van der Waals surface area (Å²) in [6, 6.07) is 0. The Morgan fingerprint density at radius 1 is 1.58 bits per heavy atom. The normalized spacial score (nSPS) is 13.8. The maximum absolute atomic E-state index is 9.56. The van der Waals surface area contributed by atoms with Gasteiger partial charge in [-0.15, -0.1) is 11.3 Å². The zero-order valence-electron chi connectivity index (χ0n) is 7.74. The molecule has 1 heterocycles. The quantitative estimate of drug-likeness (QED) is 0.781. The number of aliphatic hydroxyl groups excluding tert-OH is 1. The Hall–Kier alpha value is -0.410. The molecule has 0 amide bonds. The van der Waals surface area contributed by atoms with Gasteiger partial charge in [-0.2, -0.15) is 0 Å². The molecule has 0 saturated carbocycles. The summed E-state index contributed by atoms with van der Waals surface area (Å²) in [5.74, 6) is 0.314. The van der Waals surface area contributed by atoms with E-state index in [0.29, 0.717) is 12.3 Å². The predicted molar refractivity (Wildman–Crippen MR) is 51.4 cm³/mol. The minimum Gasteiger partial charge on any atom is -0.392 e. The zero-order valence-corrected chi connectivity index (χ0v) is 8.56. The second kappa shape index (κ2) is 4.01. The van der Waals surface area contributed by atoms with Gasteiger partial charge in [0.2, 0.25) is 0 Å². The van der Waals surface area contributed by atoms with Gasteiger partial charge in [-0.05, 0) is 12.8 Å². The molecular formula is C9H15NOS.